The van der Waals surface area contributed by atoms with E-state index in [9.17, 15) is 0 Å². The van der Waals surface area contributed by atoms with Crippen LogP contribution in [-0.2, 0) is 0 Å². The van der Waals surface area contributed by atoms with E-state index in [-0.39, 0.29) is 0 Å². The lowest BCUT2D eigenvalue weighted by molar-refractivity contribution is 0.0455. The first-order chi connectivity index (χ1) is 8.52. The topological polar surface area (TPSA) is 12.0 Å². The molecule has 0 amide bonds. The molecule has 0 spiro atoms. The van der Waals surface area contributed by atoms with Crippen molar-refractivity contribution in [3.05, 3.63) is 33.8 Å². The number of halogens is 2. The zero-order valence-electron chi connectivity index (χ0n) is 11.3. The number of hydrogen-bond acceptors (Lipinski definition) is 1. The molecule has 0 aromatic heterocycles. The molecule has 1 fully saturated rings. The lowest BCUT2D eigenvalue weighted by atomic mass is 9.54. The number of hydrogen-bond donors (Lipinski definition) is 1. The van der Waals surface area contributed by atoms with Gasteiger partial charge in [0.15, 0.2) is 0 Å². The minimum absolute atomic E-state index is 0.327. The highest BCUT2D eigenvalue weighted by atomic mass is 35.5. The van der Waals surface area contributed by atoms with Crippen LogP contribution in [0.5, 0.6) is 0 Å². The Hall–Kier alpha value is -0.240. The molecule has 3 unspecified atom stereocenters. The summed E-state index contributed by atoms with van der Waals surface area (Å²) in [7, 11) is 0. The van der Waals surface area contributed by atoms with Gasteiger partial charge in [0.25, 0.3) is 0 Å². The molecule has 0 saturated heterocycles. The predicted octanol–water partition coefficient (Wildman–Crippen LogP) is 4.88. The van der Waals surface area contributed by atoms with Crippen LogP contribution in [0.4, 0.5) is 0 Å². The standard InChI is InChI=1S/C15H21Cl2N/c1-4-15(3)11(9-14(15)18-5-2)10-6-7-12(16)13(17)8-10/h6-8,11,14,18H,4-5,9H2,1-3H3. The van der Waals surface area contributed by atoms with E-state index in [1.165, 1.54) is 18.4 Å². The summed E-state index contributed by atoms with van der Waals surface area (Å²) in [4.78, 5) is 0. The van der Waals surface area contributed by atoms with Gasteiger partial charge in [-0.1, -0.05) is 50.0 Å². The first kappa shape index (κ1) is 14.2. The lowest BCUT2D eigenvalue weighted by Gasteiger charge is -2.55. The fourth-order valence-corrected chi connectivity index (χ4v) is 3.46. The second-order valence-corrected chi connectivity index (χ2v) is 6.25. The molecule has 100 valence electrons. The summed E-state index contributed by atoms with van der Waals surface area (Å²) >= 11 is 12.1. The molecule has 0 heterocycles. The smallest absolute Gasteiger partial charge is 0.0595 e. The molecule has 1 aromatic carbocycles. The van der Waals surface area contributed by atoms with Gasteiger partial charge in [0.05, 0.1) is 10.0 Å². The molecule has 1 aromatic rings. The average Bonchev–Trinajstić information content (AvgIpc) is 2.36. The van der Waals surface area contributed by atoms with Crippen molar-refractivity contribution in [3.8, 4) is 0 Å². The van der Waals surface area contributed by atoms with Gasteiger partial charge < -0.3 is 5.32 Å². The van der Waals surface area contributed by atoms with Gasteiger partial charge in [-0.2, -0.15) is 0 Å². The van der Waals surface area contributed by atoms with Crippen molar-refractivity contribution in [2.45, 2.75) is 45.6 Å². The van der Waals surface area contributed by atoms with Gasteiger partial charge in [0.1, 0.15) is 0 Å². The quantitative estimate of drug-likeness (QED) is 0.832. The normalized spacial score (nSPS) is 31.2. The van der Waals surface area contributed by atoms with Crippen molar-refractivity contribution in [1.82, 2.24) is 5.32 Å². The Morgan fingerprint density at radius 3 is 2.56 bits per heavy atom. The zero-order chi connectivity index (χ0) is 13.3. The van der Waals surface area contributed by atoms with E-state index in [2.05, 4.69) is 32.2 Å². The van der Waals surface area contributed by atoms with Crippen LogP contribution in [0.1, 0.15) is 45.1 Å². The molecule has 3 heteroatoms. The maximum Gasteiger partial charge on any atom is 0.0595 e. The number of rotatable bonds is 4. The highest BCUT2D eigenvalue weighted by Crippen LogP contribution is 2.55. The van der Waals surface area contributed by atoms with Crippen LogP contribution in [-0.4, -0.2) is 12.6 Å². The third-order valence-corrected chi connectivity index (χ3v) is 5.36. The van der Waals surface area contributed by atoms with Crippen LogP contribution in [0.3, 0.4) is 0 Å². The molecule has 1 aliphatic carbocycles. The second kappa shape index (κ2) is 5.40. The van der Waals surface area contributed by atoms with Crippen molar-refractivity contribution in [3.63, 3.8) is 0 Å². The van der Waals surface area contributed by atoms with Gasteiger partial charge in [-0.15, -0.1) is 0 Å². The molecule has 1 N–H and O–H groups in total. The molecule has 0 aliphatic heterocycles. The van der Waals surface area contributed by atoms with Crippen molar-refractivity contribution in [1.29, 1.82) is 0 Å². The molecule has 0 bridgehead atoms. The Bertz CT molecular complexity index is 433. The van der Waals surface area contributed by atoms with Crippen LogP contribution < -0.4 is 5.32 Å². The fourth-order valence-electron chi connectivity index (χ4n) is 3.16. The Morgan fingerprint density at radius 1 is 1.28 bits per heavy atom. The highest BCUT2D eigenvalue weighted by molar-refractivity contribution is 6.42. The summed E-state index contributed by atoms with van der Waals surface area (Å²) in [6.45, 7) is 7.85. The van der Waals surface area contributed by atoms with E-state index < -0.39 is 0 Å². The van der Waals surface area contributed by atoms with E-state index in [0.717, 1.165) is 6.54 Å². The third kappa shape index (κ3) is 2.29. The Balaban J connectivity index is 2.22. The van der Waals surface area contributed by atoms with Crippen molar-refractivity contribution < 1.29 is 0 Å². The lowest BCUT2D eigenvalue weighted by Crippen LogP contribution is -2.56. The molecule has 18 heavy (non-hydrogen) atoms. The molecule has 0 radical (unpaired) electrons. The van der Waals surface area contributed by atoms with Gasteiger partial charge in [-0.25, -0.2) is 0 Å². The molecular weight excluding hydrogens is 265 g/mol. The number of nitrogens with one attached hydrogen (secondary N) is 1. The zero-order valence-corrected chi connectivity index (χ0v) is 12.8. The maximum absolute atomic E-state index is 6.13. The molecule has 1 aliphatic rings. The van der Waals surface area contributed by atoms with Gasteiger partial charge >= 0.3 is 0 Å². The van der Waals surface area contributed by atoms with E-state index in [0.29, 0.717) is 27.4 Å². The van der Waals surface area contributed by atoms with E-state index in [1.807, 2.05) is 12.1 Å². The van der Waals surface area contributed by atoms with Crippen molar-refractivity contribution in [2.24, 2.45) is 5.41 Å². The molecule has 2 rings (SSSR count). The summed E-state index contributed by atoms with van der Waals surface area (Å²) in [5, 5.41) is 4.90. The van der Waals surface area contributed by atoms with Crippen LogP contribution >= 0.6 is 23.2 Å². The SMILES string of the molecule is CCNC1CC(c2ccc(Cl)c(Cl)c2)C1(C)CC. The average molecular weight is 286 g/mol. The Kier molecular flexibility index (Phi) is 4.25. The third-order valence-electron chi connectivity index (χ3n) is 4.62. The van der Waals surface area contributed by atoms with Crippen LogP contribution in [0, 0.1) is 5.41 Å². The van der Waals surface area contributed by atoms with Gasteiger partial charge in [0, 0.05) is 6.04 Å². The van der Waals surface area contributed by atoms with E-state index in [4.69, 9.17) is 23.2 Å². The van der Waals surface area contributed by atoms with Crippen molar-refractivity contribution in [2.75, 3.05) is 6.54 Å². The minimum Gasteiger partial charge on any atom is -0.314 e. The summed E-state index contributed by atoms with van der Waals surface area (Å²) in [6, 6.07) is 6.68. The summed E-state index contributed by atoms with van der Waals surface area (Å²) in [5.41, 5.74) is 1.65. The largest absolute Gasteiger partial charge is 0.314 e. The molecule has 1 nitrogen and oxygen atoms in total. The maximum atomic E-state index is 6.13. The highest BCUT2D eigenvalue weighted by Gasteiger charge is 2.50. The minimum atomic E-state index is 0.327. The van der Waals surface area contributed by atoms with Crippen LogP contribution in [0.25, 0.3) is 0 Å². The summed E-state index contributed by atoms with van der Waals surface area (Å²) < 4.78 is 0. The second-order valence-electron chi connectivity index (χ2n) is 5.43. The fraction of sp³-hybridized carbons (Fsp3) is 0.600. The van der Waals surface area contributed by atoms with Crippen LogP contribution in [0.15, 0.2) is 18.2 Å². The Morgan fingerprint density at radius 2 is 2.00 bits per heavy atom. The van der Waals surface area contributed by atoms with Gasteiger partial charge in [0.2, 0.25) is 0 Å². The molecule has 3 atom stereocenters. The first-order valence-electron chi connectivity index (χ1n) is 6.71. The predicted molar refractivity (Wildman–Crippen MR) is 79.7 cm³/mol. The van der Waals surface area contributed by atoms with E-state index >= 15 is 0 Å². The van der Waals surface area contributed by atoms with Gasteiger partial charge in [-0.05, 0) is 48.4 Å². The molecular formula is C15H21Cl2N. The monoisotopic (exact) mass is 285 g/mol. The van der Waals surface area contributed by atoms with Crippen molar-refractivity contribution >= 4 is 23.2 Å². The van der Waals surface area contributed by atoms with Crippen LogP contribution in [0.2, 0.25) is 10.0 Å². The Labute approximate surface area is 120 Å². The number of benzene rings is 1. The van der Waals surface area contributed by atoms with Gasteiger partial charge in [-0.3, -0.25) is 0 Å². The summed E-state index contributed by atoms with van der Waals surface area (Å²) in [5.74, 6) is 0.585. The first-order valence-corrected chi connectivity index (χ1v) is 7.46. The summed E-state index contributed by atoms with van der Waals surface area (Å²) in [6.07, 6.45) is 2.37. The molecule has 1 saturated carbocycles. The van der Waals surface area contributed by atoms with E-state index in [1.54, 1.807) is 0 Å².